The lowest BCUT2D eigenvalue weighted by molar-refractivity contribution is 0.0697. The van der Waals surface area contributed by atoms with E-state index in [0.717, 1.165) is 36.2 Å². The summed E-state index contributed by atoms with van der Waals surface area (Å²) < 4.78 is 0. The van der Waals surface area contributed by atoms with Gasteiger partial charge in [0.25, 0.3) is 0 Å². The zero-order valence-electron chi connectivity index (χ0n) is 10.1. The molecule has 0 spiro atoms. The number of nitrogens with one attached hydrogen (secondary N) is 1. The average molecular weight is 244 g/mol. The van der Waals surface area contributed by atoms with Crippen molar-refractivity contribution in [2.24, 2.45) is 0 Å². The minimum Gasteiger partial charge on any atom is -0.478 e. The third-order valence-corrected chi connectivity index (χ3v) is 3.52. The lowest BCUT2D eigenvalue weighted by atomic mass is 10.1. The Balaban J connectivity index is 1.87. The van der Waals surface area contributed by atoms with E-state index in [4.69, 9.17) is 5.11 Å². The van der Waals surface area contributed by atoms with Gasteiger partial charge in [0.2, 0.25) is 0 Å². The Morgan fingerprint density at radius 3 is 2.78 bits per heavy atom. The molecule has 0 unspecified atom stereocenters. The van der Waals surface area contributed by atoms with Crippen LogP contribution in [-0.2, 0) is 6.54 Å². The molecule has 94 valence electrons. The molecule has 0 bridgehead atoms. The van der Waals surface area contributed by atoms with Crippen molar-refractivity contribution in [2.75, 3.05) is 13.1 Å². The van der Waals surface area contributed by atoms with Crippen LogP contribution in [0.1, 0.15) is 28.9 Å². The third-order valence-electron chi connectivity index (χ3n) is 3.52. The van der Waals surface area contributed by atoms with Crippen LogP contribution in [0.2, 0.25) is 0 Å². The van der Waals surface area contributed by atoms with Crippen molar-refractivity contribution >= 4 is 16.9 Å². The molecule has 2 N–H and O–H groups in total. The van der Waals surface area contributed by atoms with Crippen molar-refractivity contribution in [3.8, 4) is 0 Å². The van der Waals surface area contributed by atoms with Crippen LogP contribution >= 0.6 is 0 Å². The lowest BCUT2D eigenvalue weighted by Crippen LogP contribution is -2.18. The summed E-state index contributed by atoms with van der Waals surface area (Å²) in [6, 6.07) is 7.26. The second-order valence-corrected chi connectivity index (χ2v) is 4.89. The fourth-order valence-corrected chi connectivity index (χ4v) is 2.59. The van der Waals surface area contributed by atoms with Crippen molar-refractivity contribution in [3.63, 3.8) is 0 Å². The molecule has 3 rings (SSSR count). The van der Waals surface area contributed by atoms with Gasteiger partial charge in [-0.1, -0.05) is 0 Å². The van der Waals surface area contributed by atoms with Crippen LogP contribution < -0.4 is 0 Å². The molecule has 0 atom stereocenters. The smallest absolute Gasteiger partial charge is 0.335 e. The molecule has 4 nitrogen and oxygen atoms in total. The summed E-state index contributed by atoms with van der Waals surface area (Å²) in [5.74, 6) is -0.876. The second-order valence-electron chi connectivity index (χ2n) is 4.89. The van der Waals surface area contributed by atoms with Gasteiger partial charge in [0, 0.05) is 23.1 Å². The Kier molecular flexibility index (Phi) is 2.80. The molecule has 1 saturated heterocycles. The molecule has 2 aromatic rings. The standard InChI is InChI=1S/C14H16N2O2/c17-14(18)10-3-4-13-11(7-10)8-12(15-13)9-16-5-1-2-6-16/h3-4,7-8,15H,1-2,5-6,9H2,(H,17,18). The third kappa shape index (κ3) is 2.11. The number of aromatic nitrogens is 1. The first kappa shape index (κ1) is 11.3. The van der Waals surface area contributed by atoms with E-state index < -0.39 is 5.97 Å². The predicted octanol–water partition coefficient (Wildman–Crippen LogP) is 2.46. The number of carboxylic acids is 1. The van der Waals surface area contributed by atoms with Gasteiger partial charge in [0.1, 0.15) is 0 Å². The van der Waals surface area contributed by atoms with E-state index in [1.807, 2.05) is 6.07 Å². The lowest BCUT2D eigenvalue weighted by Gasteiger charge is -2.12. The highest BCUT2D eigenvalue weighted by molar-refractivity contribution is 5.93. The van der Waals surface area contributed by atoms with E-state index in [2.05, 4.69) is 16.0 Å². The molecule has 4 heteroatoms. The van der Waals surface area contributed by atoms with E-state index in [1.165, 1.54) is 12.8 Å². The summed E-state index contributed by atoms with van der Waals surface area (Å²) in [6.07, 6.45) is 2.56. The molecule has 1 fully saturated rings. The van der Waals surface area contributed by atoms with Crippen LogP contribution in [0.3, 0.4) is 0 Å². The van der Waals surface area contributed by atoms with Crippen LogP contribution in [0.4, 0.5) is 0 Å². The highest BCUT2D eigenvalue weighted by Crippen LogP contribution is 2.19. The number of hydrogen-bond acceptors (Lipinski definition) is 2. The van der Waals surface area contributed by atoms with Gasteiger partial charge < -0.3 is 10.1 Å². The zero-order chi connectivity index (χ0) is 12.5. The van der Waals surface area contributed by atoms with Gasteiger partial charge >= 0.3 is 5.97 Å². The number of H-pyrrole nitrogens is 1. The van der Waals surface area contributed by atoms with Gasteiger partial charge in [-0.2, -0.15) is 0 Å². The molecular weight excluding hydrogens is 228 g/mol. The molecule has 1 aliphatic rings. The van der Waals surface area contributed by atoms with E-state index in [1.54, 1.807) is 12.1 Å². The molecule has 1 aromatic carbocycles. The molecule has 0 aliphatic carbocycles. The monoisotopic (exact) mass is 244 g/mol. The second kappa shape index (κ2) is 4.46. The number of benzene rings is 1. The quantitative estimate of drug-likeness (QED) is 0.872. The highest BCUT2D eigenvalue weighted by Gasteiger charge is 2.13. The SMILES string of the molecule is O=C(O)c1ccc2[nH]c(CN3CCCC3)cc2c1. The van der Waals surface area contributed by atoms with Crippen LogP contribution in [-0.4, -0.2) is 34.0 Å². The van der Waals surface area contributed by atoms with E-state index in [9.17, 15) is 4.79 Å². The fraction of sp³-hybridized carbons (Fsp3) is 0.357. The van der Waals surface area contributed by atoms with Gasteiger partial charge in [-0.3, -0.25) is 4.90 Å². The summed E-state index contributed by atoms with van der Waals surface area (Å²) in [5.41, 5.74) is 2.51. The molecule has 0 amide bonds. The molecule has 2 heterocycles. The molecule has 0 saturated carbocycles. The van der Waals surface area contributed by atoms with Gasteiger partial charge in [-0.15, -0.1) is 0 Å². The topological polar surface area (TPSA) is 56.3 Å². The van der Waals surface area contributed by atoms with Gasteiger partial charge in [-0.25, -0.2) is 4.79 Å². The first-order valence-corrected chi connectivity index (χ1v) is 6.30. The minimum atomic E-state index is -0.876. The van der Waals surface area contributed by atoms with E-state index in [-0.39, 0.29) is 0 Å². The molecule has 0 radical (unpaired) electrons. The summed E-state index contributed by atoms with van der Waals surface area (Å²) in [5, 5.41) is 9.94. The van der Waals surface area contributed by atoms with Crippen molar-refractivity contribution in [2.45, 2.75) is 19.4 Å². The van der Waals surface area contributed by atoms with Crippen molar-refractivity contribution in [1.82, 2.24) is 9.88 Å². The summed E-state index contributed by atoms with van der Waals surface area (Å²) >= 11 is 0. The maximum Gasteiger partial charge on any atom is 0.335 e. The molecule has 18 heavy (non-hydrogen) atoms. The normalized spacial score (nSPS) is 16.4. The Hall–Kier alpha value is -1.81. The molecule has 1 aliphatic heterocycles. The number of aromatic amines is 1. The number of carboxylic acid groups (broad SMARTS) is 1. The fourth-order valence-electron chi connectivity index (χ4n) is 2.59. The minimum absolute atomic E-state index is 0.342. The van der Waals surface area contributed by atoms with Gasteiger partial charge in [0.05, 0.1) is 5.56 Å². The highest BCUT2D eigenvalue weighted by atomic mass is 16.4. The zero-order valence-corrected chi connectivity index (χ0v) is 10.1. The van der Waals surface area contributed by atoms with Crippen LogP contribution in [0.15, 0.2) is 24.3 Å². The van der Waals surface area contributed by atoms with Crippen molar-refractivity contribution < 1.29 is 9.90 Å². The number of fused-ring (bicyclic) bond motifs is 1. The van der Waals surface area contributed by atoms with Crippen molar-refractivity contribution in [3.05, 3.63) is 35.5 Å². The number of hydrogen-bond donors (Lipinski definition) is 2. The van der Waals surface area contributed by atoms with Crippen LogP contribution in [0.25, 0.3) is 10.9 Å². The number of rotatable bonds is 3. The van der Waals surface area contributed by atoms with E-state index in [0.29, 0.717) is 5.56 Å². The first-order chi connectivity index (χ1) is 8.72. The average Bonchev–Trinajstić information content (AvgIpc) is 2.96. The van der Waals surface area contributed by atoms with Gasteiger partial charge in [-0.05, 0) is 50.2 Å². The summed E-state index contributed by atoms with van der Waals surface area (Å²) in [6.45, 7) is 3.25. The predicted molar refractivity (Wildman–Crippen MR) is 69.8 cm³/mol. The maximum atomic E-state index is 10.9. The van der Waals surface area contributed by atoms with Gasteiger partial charge in [0.15, 0.2) is 0 Å². The summed E-state index contributed by atoms with van der Waals surface area (Å²) in [7, 11) is 0. The number of aromatic carboxylic acids is 1. The number of nitrogens with zero attached hydrogens (tertiary/aromatic N) is 1. The number of carbonyl (C=O) groups is 1. The Bertz CT molecular complexity index is 582. The molecule has 1 aromatic heterocycles. The molecular formula is C14H16N2O2. The Morgan fingerprint density at radius 2 is 2.06 bits per heavy atom. The largest absolute Gasteiger partial charge is 0.478 e. The Labute approximate surface area is 105 Å². The summed E-state index contributed by atoms with van der Waals surface area (Å²) in [4.78, 5) is 16.7. The van der Waals surface area contributed by atoms with Crippen molar-refractivity contribution in [1.29, 1.82) is 0 Å². The Morgan fingerprint density at radius 1 is 1.28 bits per heavy atom. The van der Waals surface area contributed by atoms with Crippen LogP contribution in [0, 0.1) is 0 Å². The van der Waals surface area contributed by atoms with E-state index >= 15 is 0 Å². The number of likely N-dealkylation sites (tertiary alicyclic amines) is 1. The first-order valence-electron chi connectivity index (χ1n) is 6.30. The van der Waals surface area contributed by atoms with Crippen LogP contribution in [0.5, 0.6) is 0 Å². The maximum absolute atomic E-state index is 10.9.